The lowest BCUT2D eigenvalue weighted by Gasteiger charge is -2.31. The van der Waals surface area contributed by atoms with E-state index in [0.717, 1.165) is 57.9 Å². The van der Waals surface area contributed by atoms with E-state index in [1.807, 2.05) is 18.2 Å². The summed E-state index contributed by atoms with van der Waals surface area (Å²) in [7, 11) is 0. The first-order valence-electron chi connectivity index (χ1n) is 12.0. The van der Waals surface area contributed by atoms with Gasteiger partial charge in [-0.05, 0) is 62.1 Å². The molecular formula is C27H26N4O4. The van der Waals surface area contributed by atoms with Crippen molar-refractivity contribution in [1.29, 1.82) is 0 Å². The second-order valence-corrected chi connectivity index (χ2v) is 9.30. The molecule has 2 aliphatic rings. The second-order valence-electron chi connectivity index (χ2n) is 9.30. The number of rotatable bonds is 5. The maximum absolute atomic E-state index is 13.6. The fourth-order valence-corrected chi connectivity index (χ4v) is 5.55. The van der Waals surface area contributed by atoms with Crippen LogP contribution in [-0.2, 0) is 34.7 Å². The van der Waals surface area contributed by atoms with Gasteiger partial charge in [-0.15, -0.1) is 0 Å². The largest absolute Gasteiger partial charge is 0.458 e. The van der Waals surface area contributed by atoms with Crippen molar-refractivity contribution in [2.75, 3.05) is 6.54 Å². The minimum Gasteiger partial charge on any atom is -0.458 e. The summed E-state index contributed by atoms with van der Waals surface area (Å²) in [6.07, 6.45) is 4.50. The number of cyclic esters (lactones) is 1. The number of unbranched alkanes of at least 4 members (excludes halogenated alkanes) is 1. The van der Waals surface area contributed by atoms with Crippen molar-refractivity contribution in [3.8, 4) is 11.4 Å². The SMILES string of the molecule is CC[C@@]1(O)C(=O)OCc2c1cc1n(c2=O)Cc2c-1nc1ccc3ncccc3c1c2CCCCN. The maximum Gasteiger partial charge on any atom is 0.343 e. The number of hydrogen-bond donors (Lipinski definition) is 2. The Kier molecular flexibility index (Phi) is 4.98. The lowest BCUT2D eigenvalue weighted by atomic mass is 9.86. The first-order valence-corrected chi connectivity index (χ1v) is 12.0. The fraction of sp³-hybridized carbons (Fsp3) is 0.333. The van der Waals surface area contributed by atoms with Gasteiger partial charge in [0.1, 0.15) is 6.61 Å². The summed E-state index contributed by atoms with van der Waals surface area (Å²) in [6.45, 7) is 2.56. The number of nitrogens with two attached hydrogens (primary N) is 1. The first-order chi connectivity index (χ1) is 17.0. The van der Waals surface area contributed by atoms with Gasteiger partial charge in [-0.1, -0.05) is 13.0 Å². The van der Waals surface area contributed by atoms with Crippen molar-refractivity contribution in [3.05, 3.63) is 69.1 Å². The monoisotopic (exact) mass is 470 g/mol. The van der Waals surface area contributed by atoms with Crippen LogP contribution in [0, 0.1) is 0 Å². The van der Waals surface area contributed by atoms with Gasteiger partial charge >= 0.3 is 5.97 Å². The Morgan fingerprint density at radius 3 is 2.80 bits per heavy atom. The zero-order valence-electron chi connectivity index (χ0n) is 19.5. The molecular weight excluding hydrogens is 444 g/mol. The third-order valence-electron chi connectivity index (χ3n) is 7.43. The predicted molar refractivity (Wildman–Crippen MR) is 132 cm³/mol. The van der Waals surface area contributed by atoms with Crippen molar-refractivity contribution in [2.24, 2.45) is 5.73 Å². The number of esters is 1. The summed E-state index contributed by atoms with van der Waals surface area (Å²) < 4.78 is 6.88. The molecule has 35 heavy (non-hydrogen) atoms. The van der Waals surface area contributed by atoms with E-state index in [0.29, 0.717) is 29.9 Å². The van der Waals surface area contributed by atoms with Crippen molar-refractivity contribution < 1.29 is 14.6 Å². The molecule has 0 radical (unpaired) electrons. The lowest BCUT2D eigenvalue weighted by molar-refractivity contribution is -0.172. The number of benzene rings is 1. The van der Waals surface area contributed by atoms with Gasteiger partial charge in [-0.25, -0.2) is 9.78 Å². The van der Waals surface area contributed by atoms with Crippen LogP contribution in [0.25, 0.3) is 33.2 Å². The lowest BCUT2D eigenvalue weighted by Crippen LogP contribution is -2.44. The van der Waals surface area contributed by atoms with Gasteiger partial charge in [0.15, 0.2) is 5.60 Å². The minimum absolute atomic E-state index is 0.114. The summed E-state index contributed by atoms with van der Waals surface area (Å²) in [5.41, 5.74) is 9.57. The molecule has 2 aliphatic heterocycles. The summed E-state index contributed by atoms with van der Waals surface area (Å²) in [6, 6.07) is 9.67. The number of carbonyl (C=O) groups excluding carboxylic acids is 1. The Morgan fingerprint density at radius 2 is 2.00 bits per heavy atom. The zero-order chi connectivity index (χ0) is 24.3. The summed E-state index contributed by atoms with van der Waals surface area (Å²) in [4.78, 5) is 35.6. The number of ether oxygens (including phenoxy) is 1. The van der Waals surface area contributed by atoms with E-state index in [1.165, 1.54) is 0 Å². The topological polar surface area (TPSA) is 120 Å². The Labute approximate surface area is 201 Å². The summed E-state index contributed by atoms with van der Waals surface area (Å²) in [5, 5.41) is 13.2. The average molecular weight is 471 g/mol. The smallest absolute Gasteiger partial charge is 0.343 e. The van der Waals surface area contributed by atoms with Gasteiger partial charge in [0.05, 0.1) is 34.5 Å². The van der Waals surface area contributed by atoms with Gasteiger partial charge in [-0.3, -0.25) is 9.78 Å². The number of hydrogen-bond acceptors (Lipinski definition) is 7. The van der Waals surface area contributed by atoms with E-state index in [1.54, 1.807) is 23.8 Å². The highest BCUT2D eigenvalue weighted by molar-refractivity contribution is 6.08. The number of aliphatic hydroxyl groups is 1. The van der Waals surface area contributed by atoms with Crippen molar-refractivity contribution in [3.63, 3.8) is 0 Å². The van der Waals surface area contributed by atoms with Crippen LogP contribution in [-0.4, -0.2) is 32.2 Å². The van der Waals surface area contributed by atoms with Crippen LogP contribution in [0.1, 0.15) is 48.4 Å². The fourth-order valence-electron chi connectivity index (χ4n) is 5.55. The first kappa shape index (κ1) is 21.9. The van der Waals surface area contributed by atoms with Gasteiger partial charge in [0.25, 0.3) is 5.56 Å². The second kappa shape index (κ2) is 7.96. The van der Waals surface area contributed by atoms with Gasteiger partial charge in [0.2, 0.25) is 0 Å². The standard InChI is InChI=1S/C27H26N4O4/c1-2-27(34)19-12-22-24-17(13-31(22)25(32)18(19)14-35-26(27)33)15(6-3-4-10-28)23-16-7-5-11-29-20(16)8-9-21(23)30-24/h5,7-9,11-12,34H,2-4,6,10,13-14,28H2,1H3/t27-/m0/s1. The molecule has 3 aromatic heterocycles. The third-order valence-corrected chi connectivity index (χ3v) is 7.43. The molecule has 8 heteroatoms. The molecule has 6 rings (SSSR count). The van der Waals surface area contributed by atoms with Crippen LogP contribution >= 0.6 is 0 Å². The van der Waals surface area contributed by atoms with Gasteiger partial charge in [0, 0.05) is 28.1 Å². The molecule has 5 heterocycles. The molecule has 0 unspecified atom stereocenters. The van der Waals surface area contributed by atoms with Gasteiger partial charge in [-0.2, -0.15) is 0 Å². The van der Waals surface area contributed by atoms with Gasteiger partial charge < -0.3 is 20.1 Å². The molecule has 0 amide bonds. The Bertz CT molecular complexity index is 1590. The van der Waals surface area contributed by atoms with Crippen LogP contribution in [0.4, 0.5) is 0 Å². The molecule has 0 fully saturated rings. The number of nitrogens with zero attached hydrogens (tertiary/aromatic N) is 3. The maximum atomic E-state index is 13.6. The molecule has 0 saturated carbocycles. The van der Waals surface area contributed by atoms with Crippen molar-refractivity contribution in [1.82, 2.24) is 14.5 Å². The van der Waals surface area contributed by atoms with Crippen LogP contribution in [0.5, 0.6) is 0 Å². The number of fused-ring (bicyclic) bond motifs is 7. The minimum atomic E-state index is -1.84. The molecule has 8 nitrogen and oxygen atoms in total. The highest BCUT2D eigenvalue weighted by atomic mass is 16.6. The molecule has 0 spiro atoms. The normalized spacial score (nSPS) is 18.4. The van der Waals surface area contributed by atoms with E-state index in [9.17, 15) is 14.7 Å². The van der Waals surface area contributed by atoms with E-state index in [-0.39, 0.29) is 18.6 Å². The van der Waals surface area contributed by atoms with Crippen LogP contribution in [0.2, 0.25) is 0 Å². The third kappa shape index (κ3) is 3.06. The summed E-state index contributed by atoms with van der Waals surface area (Å²) in [5.74, 6) is -0.719. The Balaban J connectivity index is 1.65. The van der Waals surface area contributed by atoms with Crippen LogP contribution < -0.4 is 11.3 Å². The molecule has 0 aliphatic carbocycles. The molecule has 178 valence electrons. The molecule has 0 saturated heterocycles. The van der Waals surface area contributed by atoms with Crippen LogP contribution in [0.3, 0.4) is 0 Å². The van der Waals surface area contributed by atoms with E-state index in [4.69, 9.17) is 15.5 Å². The predicted octanol–water partition coefficient (Wildman–Crippen LogP) is 2.91. The molecule has 3 N–H and O–H groups in total. The van der Waals surface area contributed by atoms with E-state index < -0.39 is 11.6 Å². The quantitative estimate of drug-likeness (QED) is 0.230. The Hall–Kier alpha value is -3.62. The van der Waals surface area contributed by atoms with Crippen molar-refractivity contribution >= 4 is 27.8 Å². The van der Waals surface area contributed by atoms with E-state index in [2.05, 4.69) is 11.1 Å². The zero-order valence-corrected chi connectivity index (χ0v) is 19.5. The highest BCUT2D eigenvalue weighted by Crippen LogP contribution is 2.41. The van der Waals surface area contributed by atoms with Crippen LogP contribution in [0.15, 0.2) is 41.3 Å². The van der Waals surface area contributed by atoms with Crippen molar-refractivity contribution in [2.45, 2.75) is 51.4 Å². The number of aryl methyl sites for hydroxylation is 1. The average Bonchev–Trinajstić information content (AvgIpc) is 3.25. The summed E-state index contributed by atoms with van der Waals surface area (Å²) >= 11 is 0. The highest BCUT2D eigenvalue weighted by Gasteiger charge is 2.45. The number of carbonyl (C=O) groups is 1. The number of aromatic nitrogens is 3. The Morgan fingerprint density at radius 1 is 1.17 bits per heavy atom. The number of pyridine rings is 3. The van der Waals surface area contributed by atoms with E-state index >= 15 is 0 Å². The molecule has 4 aromatic rings. The molecule has 1 aromatic carbocycles. The molecule has 0 bridgehead atoms. The molecule has 1 atom stereocenters.